The molecule has 224 valence electrons. The number of allylic oxidation sites excluding steroid dienone is 1. The smallest absolute Gasteiger partial charge is 0.379 e. The number of halogens is 3. The molecule has 0 saturated carbocycles. The summed E-state index contributed by atoms with van der Waals surface area (Å²) in [4.78, 5) is 41.2. The predicted octanol–water partition coefficient (Wildman–Crippen LogP) is 4.09. The lowest BCUT2D eigenvalue weighted by molar-refractivity contribution is -0.750. The summed E-state index contributed by atoms with van der Waals surface area (Å²) in [5.74, 6) is 6.89. The first-order valence-electron chi connectivity index (χ1n) is 13.9. The van der Waals surface area contributed by atoms with Gasteiger partial charge in [-0.3, -0.25) is 14.6 Å². The monoisotopic (exact) mass is 594 g/mol. The van der Waals surface area contributed by atoms with Gasteiger partial charge in [-0.25, -0.2) is 4.98 Å². The molecule has 3 atom stereocenters. The van der Waals surface area contributed by atoms with Crippen LogP contribution in [0.2, 0.25) is 0 Å². The Hall–Kier alpha value is -4.20. The Bertz CT molecular complexity index is 1590. The molecule has 1 aromatic heterocycles. The standard InChI is InChI=1S/C30H30F3N7O3/c1-18-11-21(15-39(14-18)28(42)29(2)16-43-17-29)25-23-13-35-9-10-40(23,34)26(38-25)19-3-5-20(6-4-19)27(41)37-24-12-22(7-8-36-24)30(31,32)33/h3-10,12-13,18,21H,11,14-17,34H2,1-2H3/p+1/t18-,21-,40?/m1/s1. The molecular formula is C30H31F3N7O3+. The van der Waals surface area contributed by atoms with Crippen molar-refractivity contribution in [2.24, 2.45) is 33.1 Å². The Kier molecular flexibility index (Phi) is 7.06. The van der Waals surface area contributed by atoms with Crippen molar-refractivity contribution < 1.29 is 32.1 Å². The summed E-state index contributed by atoms with van der Waals surface area (Å²) in [7, 11) is 0. The summed E-state index contributed by atoms with van der Waals surface area (Å²) >= 11 is 0. The molecule has 2 aromatic rings. The van der Waals surface area contributed by atoms with Gasteiger partial charge in [-0.15, -0.1) is 4.59 Å². The normalized spacial score (nSPS) is 26.1. The minimum absolute atomic E-state index is 0.0613. The van der Waals surface area contributed by atoms with Crippen molar-refractivity contribution in [1.82, 2.24) is 9.88 Å². The number of benzene rings is 1. The molecule has 1 aromatic carbocycles. The Morgan fingerprint density at radius 3 is 2.58 bits per heavy atom. The quantitative estimate of drug-likeness (QED) is 0.399. The summed E-state index contributed by atoms with van der Waals surface area (Å²) in [5.41, 5.74) is 0.935. The number of nitrogens with zero attached hydrogens (tertiary/aromatic N) is 5. The lowest BCUT2D eigenvalue weighted by Gasteiger charge is -2.44. The second-order valence-corrected chi connectivity index (χ2v) is 11.8. The predicted molar refractivity (Wildman–Crippen MR) is 152 cm³/mol. The summed E-state index contributed by atoms with van der Waals surface area (Å²) in [6.07, 6.45) is 2.28. The van der Waals surface area contributed by atoms with E-state index in [1.165, 1.54) is 0 Å². The van der Waals surface area contributed by atoms with Crippen LogP contribution in [0.3, 0.4) is 0 Å². The number of carbonyl (C=O) groups is 2. The number of likely N-dealkylation sites (tertiary alicyclic amines) is 1. The second-order valence-electron chi connectivity index (χ2n) is 11.8. The first-order valence-corrected chi connectivity index (χ1v) is 13.9. The number of amides is 2. The Balaban J connectivity index is 1.24. The van der Waals surface area contributed by atoms with Gasteiger partial charge in [0, 0.05) is 30.8 Å². The van der Waals surface area contributed by atoms with Crippen LogP contribution in [-0.4, -0.2) is 64.6 Å². The zero-order valence-corrected chi connectivity index (χ0v) is 23.6. The van der Waals surface area contributed by atoms with Crippen LogP contribution in [0.25, 0.3) is 0 Å². The number of aliphatic imine (C=N–C) groups is 2. The van der Waals surface area contributed by atoms with Gasteiger partial charge in [0.05, 0.1) is 42.2 Å². The lowest BCUT2D eigenvalue weighted by Crippen LogP contribution is -2.56. The van der Waals surface area contributed by atoms with E-state index < -0.39 is 23.1 Å². The number of rotatable bonds is 5. The van der Waals surface area contributed by atoms with Gasteiger partial charge >= 0.3 is 6.18 Å². The van der Waals surface area contributed by atoms with Crippen molar-refractivity contribution in [3.63, 3.8) is 0 Å². The third-order valence-corrected chi connectivity index (χ3v) is 8.25. The summed E-state index contributed by atoms with van der Waals surface area (Å²) < 4.78 is 44.3. The van der Waals surface area contributed by atoms with Crippen LogP contribution in [-0.2, 0) is 15.7 Å². The zero-order chi connectivity index (χ0) is 30.6. The highest BCUT2D eigenvalue weighted by Crippen LogP contribution is 2.40. The van der Waals surface area contributed by atoms with Crippen LogP contribution in [0.15, 0.2) is 76.4 Å². The number of hydrogen-bond acceptors (Lipinski definition) is 7. The van der Waals surface area contributed by atoms with E-state index in [0.717, 1.165) is 30.4 Å². The third kappa shape index (κ3) is 5.28. The lowest BCUT2D eigenvalue weighted by atomic mass is 9.82. The van der Waals surface area contributed by atoms with Gasteiger partial charge in [0.2, 0.25) is 11.6 Å². The molecule has 2 saturated heterocycles. The largest absolute Gasteiger partial charge is 0.416 e. The number of anilines is 1. The van der Waals surface area contributed by atoms with E-state index in [4.69, 9.17) is 15.6 Å². The van der Waals surface area contributed by atoms with Crippen LogP contribution < -0.4 is 11.2 Å². The second kappa shape index (κ2) is 10.5. The molecule has 2 amide bonds. The fraction of sp³-hybridized carbons (Fsp3) is 0.367. The van der Waals surface area contributed by atoms with E-state index in [0.29, 0.717) is 43.4 Å². The number of amidine groups is 1. The average Bonchev–Trinajstić information content (AvgIpc) is 3.28. The van der Waals surface area contributed by atoms with Crippen molar-refractivity contribution >= 4 is 29.7 Å². The molecule has 0 spiro atoms. The van der Waals surface area contributed by atoms with Gasteiger partial charge in [-0.2, -0.15) is 24.0 Å². The molecule has 4 aliphatic heterocycles. The number of fused-ring (bicyclic) bond motifs is 1. The Labute approximate surface area is 246 Å². The molecule has 4 aliphatic rings. The minimum atomic E-state index is -4.56. The van der Waals surface area contributed by atoms with Gasteiger partial charge < -0.3 is 15.0 Å². The van der Waals surface area contributed by atoms with E-state index in [-0.39, 0.29) is 33.7 Å². The van der Waals surface area contributed by atoms with E-state index in [1.807, 2.05) is 11.8 Å². The topological polar surface area (TPSA) is 122 Å². The number of piperidine rings is 1. The number of nitrogens with two attached hydrogens (primary N) is 1. The minimum Gasteiger partial charge on any atom is -0.379 e. The summed E-state index contributed by atoms with van der Waals surface area (Å²) in [6, 6.07) is 8.10. The highest BCUT2D eigenvalue weighted by molar-refractivity contribution is 6.05. The van der Waals surface area contributed by atoms with Gasteiger partial charge in [-0.05, 0) is 55.7 Å². The van der Waals surface area contributed by atoms with E-state index >= 15 is 0 Å². The third-order valence-electron chi connectivity index (χ3n) is 8.25. The molecule has 5 heterocycles. The van der Waals surface area contributed by atoms with E-state index in [9.17, 15) is 22.8 Å². The van der Waals surface area contributed by atoms with Crippen LogP contribution in [0, 0.1) is 17.3 Å². The Morgan fingerprint density at radius 2 is 1.91 bits per heavy atom. The van der Waals surface area contributed by atoms with Gasteiger partial charge in [0.1, 0.15) is 17.7 Å². The number of carbonyl (C=O) groups excluding carboxylic acids is 2. The van der Waals surface area contributed by atoms with Crippen LogP contribution in [0.4, 0.5) is 19.0 Å². The number of alkyl halides is 3. The molecule has 13 heteroatoms. The Morgan fingerprint density at radius 1 is 1.16 bits per heavy atom. The maximum atomic E-state index is 13.3. The number of pyridine rings is 1. The van der Waals surface area contributed by atoms with E-state index in [1.54, 1.807) is 42.9 Å². The highest BCUT2D eigenvalue weighted by Gasteiger charge is 2.49. The fourth-order valence-electron chi connectivity index (χ4n) is 5.97. The van der Waals surface area contributed by atoms with Crippen molar-refractivity contribution in [3.8, 4) is 0 Å². The van der Waals surface area contributed by atoms with Crippen molar-refractivity contribution in [1.29, 1.82) is 0 Å². The fourth-order valence-corrected chi connectivity index (χ4v) is 5.97. The van der Waals surface area contributed by atoms with Crippen LogP contribution in [0.5, 0.6) is 0 Å². The van der Waals surface area contributed by atoms with E-state index in [2.05, 4.69) is 22.2 Å². The molecule has 10 nitrogen and oxygen atoms in total. The SMILES string of the molecule is C[C@@H]1C[C@@H](C2=C3C=NC=C[N+]3(N)C(c3ccc(C(=O)Nc4cc(C(F)(F)F)ccn4)cc3)=N2)CN(C(=O)C2(C)COC2)C1. The molecule has 1 unspecified atom stereocenters. The average molecular weight is 595 g/mol. The first kappa shape index (κ1) is 28.9. The zero-order valence-electron chi connectivity index (χ0n) is 23.6. The van der Waals surface area contributed by atoms with Crippen LogP contribution in [0.1, 0.15) is 41.8 Å². The molecular weight excluding hydrogens is 563 g/mol. The number of aromatic nitrogens is 1. The number of hydrogen-bond donors (Lipinski definition) is 2. The molecule has 43 heavy (non-hydrogen) atoms. The number of nitrogens with one attached hydrogen (secondary N) is 1. The van der Waals surface area contributed by atoms with Crippen molar-refractivity contribution in [2.75, 3.05) is 31.6 Å². The highest BCUT2D eigenvalue weighted by atomic mass is 19.4. The molecule has 6 rings (SSSR count). The van der Waals surface area contributed by atoms with Crippen LogP contribution >= 0.6 is 0 Å². The maximum Gasteiger partial charge on any atom is 0.416 e. The molecule has 3 N–H and O–H groups in total. The molecule has 2 fully saturated rings. The molecule has 0 bridgehead atoms. The maximum absolute atomic E-state index is 13.3. The van der Waals surface area contributed by atoms with Gasteiger partial charge in [-0.1, -0.05) is 6.92 Å². The van der Waals surface area contributed by atoms with Crippen molar-refractivity contribution in [3.05, 3.63) is 83.1 Å². The molecule has 0 radical (unpaired) electrons. The number of ether oxygens (including phenoxy) is 1. The molecule has 0 aliphatic carbocycles. The van der Waals surface area contributed by atoms with Gasteiger partial charge in [0.25, 0.3) is 11.7 Å². The summed E-state index contributed by atoms with van der Waals surface area (Å²) in [6.45, 7) is 6.07. The van der Waals surface area contributed by atoms with Crippen molar-refractivity contribution in [2.45, 2.75) is 26.4 Å². The first-order chi connectivity index (χ1) is 20.4. The van der Waals surface area contributed by atoms with Gasteiger partial charge in [0.15, 0.2) is 0 Å². The number of quaternary nitrogens is 1. The summed E-state index contributed by atoms with van der Waals surface area (Å²) in [5, 5.41) is 2.41.